The van der Waals surface area contributed by atoms with Gasteiger partial charge in [-0.2, -0.15) is 0 Å². The number of methoxy groups -OCH3 is 1. The second-order valence-corrected chi connectivity index (χ2v) is 3.86. The fraction of sp³-hybridized carbons (Fsp3) is 0.0909. The molecule has 2 aromatic carbocycles. The van der Waals surface area contributed by atoms with E-state index in [2.05, 4.69) is 0 Å². The lowest BCUT2D eigenvalue weighted by Crippen LogP contribution is -2.31. The SMILES string of the molecule is COc1c(B(O)O)ccc2ccc(Cl)cc12. The lowest BCUT2D eigenvalue weighted by atomic mass is 9.78. The van der Waals surface area contributed by atoms with E-state index in [1.54, 1.807) is 24.3 Å². The summed E-state index contributed by atoms with van der Waals surface area (Å²) < 4.78 is 5.20. The number of halogens is 1. The van der Waals surface area contributed by atoms with Crippen LogP contribution in [0.15, 0.2) is 30.3 Å². The van der Waals surface area contributed by atoms with Gasteiger partial charge in [0.1, 0.15) is 5.75 Å². The molecule has 2 N–H and O–H groups in total. The second-order valence-electron chi connectivity index (χ2n) is 3.43. The maximum Gasteiger partial charge on any atom is 0.492 e. The zero-order valence-corrected chi connectivity index (χ0v) is 9.40. The Kier molecular flexibility index (Phi) is 3.05. The molecule has 2 rings (SSSR count). The van der Waals surface area contributed by atoms with Crippen LogP contribution in [0.2, 0.25) is 5.02 Å². The third-order valence-corrected chi connectivity index (χ3v) is 2.68. The molecule has 0 heterocycles. The molecule has 0 spiro atoms. The van der Waals surface area contributed by atoms with E-state index in [0.29, 0.717) is 16.2 Å². The van der Waals surface area contributed by atoms with Crippen LogP contribution < -0.4 is 10.2 Å². The Morgan fingerprint density at radius 3 is 2.50 bits per heavy atom. The minimum Gasteiger partial charge on any atom is -0.496 e. The highest BCUT2D eigenvalue weighted by molar-refractivity contribution is 6.60. The molecule has 0 aliphatic heterocycles. The fourth-order valence-electron chi connectivity index (χ4n) is 1.71. The first-order chi connectivity index (χ1) is 7.63. The molecule has 0 saturated carbocycles. The molecule has 0 aromatic heterocycles. The Balaban J connectivity index is 2.78. The second kappa shape index (κ2) is 4.33. The van der Waals surface area contributed by atoms with Crippen molar-refractivity contribution in [2.45, 2.75) is 0 Å². The monoisotopic (exact) mass is 236 g/mol. The predicted molar refractivity (Wildman–Crippen MR) is 65.3 cm³/mol. The number of hydrogen-bond donors (Lipinski definition) is 2. The summed E-state index contributed by atoms with van der Waals surface area (Å²) in [6.45, 7) is 0. The molecule has 82 valence electrons. The van der Waals surface area contributed by atoms with E-state index in [1.807, 2.05) is 6.07 Å². The third-order valence-electron chi connectivity index (χ3n) is 2.45. The molecule has 0 bridgehead atoms. The van der Waals surface area contributed by atoms with Crippen molar-refractivity contribution in [1.82, 2.24) is 0 Å². The lowest BCUT2D eigenvalue weighted by Gasteiger charge is -2.11. The Morgan fingerprint density at radius 2 is 1.88 bits per heavy atom. The molecular formula is C11H10BClO3. The molecule has 0 saturated heterocycles. The molecule has 0 fully saturated rings. The first-order valence-electron chi connectivity index (χ1n) is 4.76. The minimum atomic E-state index is -1.56. The quantitative estimate of drug-likeness (QED) is 0.770. The van der Waals surface area contributed by atoms with Crippen LogP contribution in [-0.2, 0) is 0 Å². The van der Waals surface area contributed by atoms with Crippen molar-refractivity contribution < 1.29 is 14.8 Å². The number of benzene rings is 2. The van der Waals surface area contributed by atoms with Crippen molar-refractivity contribution in [3.63, 3.8) is 0 Å². The predicted octanol–water partition coefficient (Wildman–Crippen LogP) is 1.18. The van der Waals surface area contributed by atoms with Gasteiger partial charge in [-0.15, -0.1) is 0 Å². The average molecular weight is 236 g/mol. The van der Waals surface area contributed by atoms with Gasteiger partial charge in [-0.1, -0.05) is 29.8 Å². The third kappa shape index (κ3) is 1.87. The largest absolute Gasteiger partial charge is 0.496 e. The summed E-state index contributed by atoms with van der Waals surface area (Å²) in [6.07, 6.45) is 0. The minimum absolute atomic E-state index is 0.331. The zero-order valence-electron chi connectivity index (χ0n) is 8.64. The number of rotatable bonds is 2. The molecular weight excluding hydrogens is 226 g/mol. The van der Waals surface area contributed by atoms with Crippen molar-refractivity contribution in [3.05, 3.63) is 35.4 Å². The Bertz CT molecular complexity index is 528. The smallest absolute Gasteiger partial charge is 0.492 e. The molecule has 16 heavy (non-hydrogen) atoms. The van der Waals surface area contributed by atoms with E-state index >= 15 is 0 Å². The van der Waals surface area contributed by atoms with Crippen molar-refractivity contribution in [3.8, 4) is 5.75 Å². The van der Waals surface area contributed by atoms with Gasteiger partial charge in [0.15, 0.2) is 0 Å². The molecule has 0 aliphatic rings. The van der Waals surface area contributed by atoms with E-state index < -0.39 is 7.12 Å². The first-order valence-corrected chi connectivity index (χ1v) is 5.13. The first kappa shape index (κ1) is 11.3. The zero-order chi connectivity index (χ0) is 11.7. The highest BCUT2D eigenvalue weighted by Gasteiger charge is 2.18. The summed E-state index contributed by atoms with van der Waals surface area (Å²) in [6, 6.07) is 8.79. The summed E-state index contributed by atoms with van der Waals surface area (Å²) >= 11 is 5.90. The van der Waals surface area contributed by atoms with E-state index in [9.17, 15) is 10.0 Å². The molecule has 5 heteroatoms. The summed E-state index contributed by atoms with van der Waals surface area (Å²) in [4.78, 5) is 0. The Morgan fingerprint density at radius 1 is 1.19 bits per heavy atom. The highest BCUT2D eigenvalue weighted by atomic mass is 35.5. The maximum atomic E-state index is 9.21. The van der Waals surface area contributed by atoms with Gasteiger partial charge in [-0.3, -0.25) is 0 Å². The van der Waals surface area contributed by atoms with Gasteiger partial charge in [-0.05, 0) is 17.5 Å². The van der Waals surface area contributed by atoms with E-state index in [-0.39, 0.29) is 0 Å². The van der Waals surface area contributed by atoms with Gasteiger partial charge in [0, 0.05) is 15.9 Å². The van der Waals surface area contributed by atoms with E-state index in [1.165, 1.54) is 7.11 Å². The van der Waals surface area contributed by atoms with Gasteiger partial charge in [0.25, 0.3) is 0 Å². The van der Waals surface area contributed by atoms with Crippen LogP contribution in [0.4, 0.5) is 0 Å². The number of hydrogen-bond acceptors (Lipinski definition) is 3. The van der Waals surface area contributed by atoms with Gasteiger partial charge in [0.2, 0.25) is 0 Å². The normalized spacial score (nSPS) is 10.5. The molecule has 0 aliphatic carbocycles. The van der Waals surface area contributed by atoms with Crippen LogP contribution >= 0.6 is 11.6 Å². The van der Waals surface area contributed by atoms with Crippen LogP contribution in [-0.4, -0.2) is 24.3 Å². The van der Waals surface area contributed by atoms with Crippen molar-refractivity contribution >= 4 is 35.0 Å². The van der Waals surface area contributed by atoms with Crippen LogP contribution in [0.5, 0.6) is 5.75 Å². The molecule has 3 nitrogen and oxygen atoms in total. The fourth-order valence-corrected chi connectivity index (χ4v) is 1.88. The topological polar surface area (TPSA) is 49.7 Å². The van der Waals surface area contributed by atoms with Crippen molar-refractivity contribution in [1.29, 1.82) is 0 Å². The van der Waals surface area contributed by atoms with Crippen molar-refractivity contribution in [2.24, 2.45) is 0 Å². The molecule has 0 radical (unpaired) electrons. The summed E-state index contributed by atoms with van der Waals surface area (Å²) in [7, 11) is -0.0694. The van der Waals surface area contributed by atoms with Crippen molar-refractivity contribution in [2.75, 3.05) is 7.11 Å². The highest BCUT2D eigenvalue weighted by Crippen LogP contribution is 2.26. The number of fused-ring (bicyclic) bond motifs is 1. The van der Waals surface area contributed by atoms with E-state index in [4.69, 9.17) is 16.3 Å². The molecule has 0 atom stereocenters. The molecule has 0 amide bonds. The Hall–Kier alpha value is -1.23. The van der Waals surface area contributed by atoms with Gasteiger partial charge >= 0.3 is 7.12 Å². The van der Waals surface area contributed by atoms with E-state index in [0.717, 1.165) is 10.8 Å². The van der Waals surface area contributed by atoms with Crippen LogP contribution in [0.3, 0.4) is 0 Å². The number of ether oxygens (including phenoxy) is 1. The molecule has 2 aromatic rings. The summed E-state index contributed by atoms with van der Waals surface area (Å²) in [5.41, 5.74) is 0.331. The van der Waals surface area contributed by atoms with Gasteiger partial charge in [0.05, 0.1) is 7.11 Å². The van der Waals surface area contributed by atoms with Crippen LogP contribution in [0, 0.1) is 0 Å². The summed E-state index contributed by atoms with van der Waals surface area (Å²) in [5, 5.41) is 20.7. The van der Waals surface area contributed by atoms with Crippen LogP contribution in [0.1, 0.15) is 0 Å². The average Bonchev–Trinajstić information content (AvgIpc) is 2.27. The summed E-state index contributed by atoms with van der Waals surface area (Å²) in [5.74, 6) is 0.440. The Labute approximate surface area is 98.4 Å². The lowest BCUT2D eigenvalue weighted by molar-refractivity contribution is 0.406. The molecule has 0 unspecified atom stereocenters. The van der Waals surface area contributed by atoms with Gasteiger partial charge < -0.3 is 14.8 Å². The van der Waals surface area contributed by atoms with Crippen LogP contribution in [0.25, 0.3) is 10.8 Å². The maximum absolute atomic E-state index is 9.21. The van der Waals surface area contributed by atoms with Gasteiger partial charge in [-0.25, -0.2) is 0 Å². The standard InChI is InChI=1S/C11H10BClO3/c1-16-11-9-6-8(13)4-2-7(9)3-5-10(11)12(14)15/h2-6,14-15H,1H3.